The normalized spacial score (nSPS) is 14.5. The molecule has 2 amide bonds. The van der Waals surface area contributed by atoms with Crippen molar-refractivity contribution in [1.82, 2.24) is 4.90 Å². The van der Waals surface area contributed by atoms with Gasteiger partial charge in [0.15, 0.2) is 11.5 Å². The van der Waals surface area contributed by atoms with Crippen LogP contribution in [-0.4, -0.2) is 22.7 Å². The average molecular weight is 747 g/mol. The molecule has 1 aliphatic heterocycles. The maximum atomic E-state index is 13.1. The summed E-state index contributed by atoms with van der Waals surface area (Å²) in [6.45, 7) is 3.04. The molecule has 0 N–H and O–H groups in total. The van der Waals surface area contributed by atoms with Gasteiger partial charge in [-0.2, -0.15) is 0 Å². The Morgan fingerprint density at radius 3 is 2.47 bits per heavy atom. The zero-order valence-electron chi connectivity index (χ0n) is 20.4. The van der Waals surface area contributed by atoms with Gasteiger partial charge >= 0.3 is 0 Å². The minimum absolute atomic E-state index is 0.252. The van der Waals surface area contributed by atoms with E-state index in [4.69, 9.17) is 9.47 Å². The Hall–Kier alpha value is -2.57. The van der Waals surface area contributed by atoms with Gasteiger partial charge < -0.3 is 9.47 Å². The number of carbonyl (C=O) groups excluding carboxylic acids is 2. The molecule has 0 atom stereocenters. The second kappa shape index (κ2) is 12.1. The number of halogens is 2. The van der Waals surface area contributed by atoms with Crippen molar-refractivity contribution < 1.29 is 19.1 Å². The van der Waals surface area contributed by atoms with Crippen molar-refractivity contribution in [2.75, 3.05) is 6.61 Å². The molecule has 8 heteroatoms. The molecule has 1 saturated heterocycles. The number of hydrogen-bond acceptors (Lipinski definition) is 5. The van der Waals surface area contributed by atoms with Crippen LogP contribution in [0.25, 0.3) is 16.8 Å². The molecular weight excluding hydrogens is 724 g/mol. The summed E-state index contributed by atoms with van der Waals surface area (Å²) in [5, 5.41) is 2.05. The fourth-order valence-corrected chi connectivity index (χ4v) is 6.18. The summed E-state index contributed by atoms with van der Waals surface area (Å²) in [6.07, 6.45) is 1.75. The number of ether oxygens (including phenoxy) is 2. The summed E-state index contributed by atoms with van der Waals surface area (Å²) in [4.78, 5) is 27.4. The Morgan fingerprint density at radius 1 is 0.921 bits per heavy atom. The molecule has 0 aromatic heterocycles. The number of hydrogen-bond donors (Lipinski definition) is 0. The molecule has 0 radical (unpaired) electrons. The number of amides is 2. The lowest BCUT2D eigenvalue weighted by Gasteiger charge is -2.16. The summed E-state index contributed by atoms with van der Waals surface area (Å²) in [5.74, 6) is 0.969. The zero-order chi connectivity index (χ0) is 26.6. The maximum absolute atomic E-state index is 13.1. The maximum Gasteiger partial charge on any atom is 0.293 e. The third kappa shape index (κ3) is 6.02. The lowest BCUT2D eigenvalue weighted by Crippen LogP contribution is -2.27. The first-order valence-electron chi connectivity index (χ1n) is 12.0. The van der Waals surface area contributed by atoms with Gasteiger partial charge in [0, 0.05) is 3.57 Å². The summed E-state index contributed by atoms with van der Waals surface area (Å²) in [6, 6.07) is 26.0. The highest BCUT2D eigenvalue weighted by atomic mass is 127. The summed E-state index contributed by atoms with van der Waals surface area (Å²) in [5.41, 5.74) is 2.78. The Morgan fingerprint density at radius 2 is 1.68 bits per heavy atom. The summed E-state index contributed by atoms with van der Waals surface area (Å²) in [7, 11) is 0. The average Bonchev–Trinajstić information content (AvgIpc) is 3.17. The monoisotopic (exact) mass is 747 g/mol. The van der Waals surface area contributed by atoms with Crippen LogP contribution in [0.2, 0.25) is 0 Å². The fraction of sp³-hybridized carbons (Fsp3) is 0.133. The minimum atomic E-state index is -0.289. The van der Waals surface area contributed by atoms with Gasteiger partial charge in [0.2, 0.25) is 0 Å². The molecule has 4 aromatic rings. The Labute approximate surface area is 252 Å². The van der Waals surface area contributed by atoms with Gasteiger partial charge in [-0.05, 0) is 122 Å². The Kier molecular flexibility index (Phi) is 8.59. The summed E-state index contributed by atoms with van der Waals surface area (Å²) < 4.78 is 14.2. The number of benzene rings is 4. The van der Waals surface area contributed by atoms with E-state index in [9.17, 15) is 9.59 Å². The van der Waals surface area contributed by atoms with E-state index in [0.717, 1.165) is 41.0 Å². The van der Waals surface area contributed by atoms with E-state index >= 15 is 0 Å². The molecule has 38 heavy (non-hydrogen) atoms. The number of rotatable bonds is 8. The highest BCUT2D eigenvalue weighted by Crippen LogP contribution is 2.38. The van der Waals surface area contributed by atoms with Crippen molar-refractivity contribution in [2.24, 2.45) is 0 Å². The molecule has 5 rings (SSSR count). The van der Waals surface area contributed by atoms with E-state index in [0.29, 0.717) is 29.6 Å². The van der Waals surface area contributed by atoms with Gasteiger partial charge in [-0.25, -0.2) is 0 Å². The predicted octanol–water partition coefficient (Wildman–Crippen LogP) is 8.26. The predicted molar refractivity (Wildman–Crippen MR) is 169 cm³/mol. The highest BCUT2D eigenvalue weighted by molar-refractivity contribution is 14.1. The first-order chi connectivity index (χ1) is 18.4. The smallest absolute Gasteiger partial charge is 0.293 e. The van der Waals surface area contributed by atoms with Crippen LogP contribution in [0.15, 0.2) is 83.8 Å². The number of fused-ring (bicyclic) bond motifs is 1. The third-order valence-corrected chi connectivity index (χ3v) is 8.44. The number of nitrogens with zero attached hydrogens (tertiary/aromatic N) is 1. The molecule has 0 spiro atoms. The van der Waals surface area contributed by atoms with Crippen LogP contribution in [0.1, 0.15) is 23.6 Å². The lowest BCUT2D eigenvalue weighted by atomic mass is 10.1. The van der Waals surface area contributed by atoms with Crippen LogP contribution < -0.4 is 9.47 Å². The largest absolute Gasteiger partial charge is 0.490 e. The second-order valence-electron chi connectivity index (χ2n) is 8.58. The van der Waals surface area contributed by atoms with Gasteiger partial charge in [0.1, 0.15) is 6.61 Å². The van der Waals surface area contributed by atoms with E-state index in [-0.39, 0.29) is 17.7 Å². The van der Waals surface area contributed by atoms with Crippen LogP contribution in [0, 0.1) is 7.14 Å². The van der Waals surface area contributed by atoms with E-state index < -0.39 is 0 Å². The van der Waals surface area contributed by atoms with Crippen molar-refractivity contribution in [3.05, 3.63) is 108 Å². The van der Waals surface area contributed by atoms with E-state index in [1.54, 1.807) is 6.08 Å². The molecule has 0 saturated carbocycles. The molecular formula is C30H23I2NO4S. The molecule has 5 nitrogen and oxygen atoms in total. The first-order valence-corrected chi connectivity index (χ1v) is 15.0. The Bertz CT molecular complexity index is 1550. The minimum Gasteiger partial charge on any atom is -0.490 e. The molecule has 0 unspecified atom stereocenters. The first kappa shape index (κ1) is 27.0. The topological polar surface area (TPSA) is 55.8 Å². The second-order valence-corrected chi connectivity index (χ2v) is 12.0. The molecule has 4 aromatic carbocycles. The van der Waals surface area contributed by atoms with Crippen molar-refractivity contribution >= 4 is 84.9 Å². The van der Waals surface area contributed by atoms with Crippen LogP contribution in [0.3, 0.4) is 0 Å². The molecule has 1 aliphatic rings. The van der Waals surface area contributed by atoms with E-state index in [2.05, 4.69) is 69.4 Å². The van der Waals surface area contributed by atoms with Crippen molar-refractivity contribution in [3.63, 3.8) is 0 Å². The molecule has 1 heterocycles. The van der Waals surface area contributed by atoms with Crippen LogP contribution in [0.5, 0.6) is 11.5 Å². The molecule has 0 aliphatic carbocycles. The standard InChI is InChI=1S/C30H23I2NO4S/c1-2-36-26-15-20(16-27-29(34)33(30(35)38-27)17-19-10-12-23(31)13-11-19)14-25(32)28(26)37-18-22-8-5-7-21-6-3-4-9-24(21)22/h3-16H,2,17-18H2,1H3/b27-16-. The van der Waals surface area contributed by atoms with Crippen molar-refractivity contribution in [3.8, 4) is 11.5 Å². The van der Waals surface area contributed by atoms with Gasteiger partial charge in [0.25, 0.3) is 11.1 Å². The van der Waals surface area contributed by atoms with Gasteiger partial charge in [-0.1, -0.05) is 54.6 Å². The van der Waals surface area contributed by atoms with Gasteiger partial charge in [-0.15, -0.1) is 0 Å². The number of thioether (sulfide) groups is 1. The Balaban J connectivity index is 1.38. The van der Waals surface area contributed by atoms with Crippen molar-refractivity contribution in [2.45, 2.75) is 20.1 Å². The van der Waals surface area contributed by atoms with E-state index in [1.165, 1.54) is 10.3 Å². The molecule has 192 valence electrons. The number of imide groups is 1. The third-order valence-electron chi connectivity index (χ3n) is 6.01. The SMILES string of the molecule is CCOc1cc(/C=C2\SC(=O)N(Cc3ccc(I)cc3)C2=O)cc(I)c1OCc1cccc2ccccc12. The van der Waals surface area contributed by atoms with E-state index in [1.807, 2.05) is 61.5 Å². The van der Waals surface area contributed by atoms with Gasteiger partial charge in [0.05, 0.1) is 21.6 Å². The van der Waals surface area contributed by atoms with Crippen molar-refractivity contribution in [1.29, 1.82) is 0 Å². The van der Waals surface area contributed by atoms with Crippen LogP contribution >= 0.6 is 56.9 Å². The number of carbonyl (C=O) groups is 2. The quantitative estimate of drug-likeness (QED) is 0.134. The highest BCUT2D eigenvalue weighted by Gasteiger charge is 2.35. The van der Waals surface area contributed by atoms with Gasteiger partial charge in [-0.3, -0.25) is 14.5 Å². The zero-order valence-corrected chi connectivity index (χ0v) is 25.6. The van der Waals surface area contributed by atoms with Crippen LogP contribution in [0.4, 0.5) is 4.79 Å². The fourth-order valence-electron chi connectivity index (χ4n) is 4.20. The summed E-state index contributed by atoms with van der Waals surface area (Å²) >= 11 is 5.41. The molecule has 0 bridgehead atoms. The van der Waals surface area contributed by atoms with Crippen LogP contribution in [-0.2, 0) is 17.9 Å². The molecule has 1 fully saturated rings. The lowest BCUT2D eigenvalue weighted by molar-refractivity contribution is -0.123.